The molecule has 0 bridgehead atoms. The summed E-state index contributed by atoms with van der Waals surface area (Å²) in [4.78, 5) is 29.8. The Morgan fingerprint density at radius 1 is 1.09 bits per heavy atom. The highest BCUT2D eigenvalue weighted by Crippen LogP contribution is 2.24. The summed E-state index contributed by atoms with van der Waals surface area (Å²) < 4.78 is 0. The maximum atomic E-state index is 12.6. The van der Waals surface area contributed by atoms with Crippen molar-refractivity contribution in [3.8, 4) is 0 Å². The Labute approximate surface area is 134 Å². The number of hydrogen-bond donors (Lipinski definition) is 1. The van der Waals surface area contributed by atoms with Crippen LogP contribution in [0.3, 0.4) is 0 Å². The van der Waals surface area contributed by atoms with E-state index in [0.29, 0.717) is 6.54 Å². The number of carboxylic acids is 1. The molecule has 118 valence electrons. The highest BCUT2D eigenvalue weighted by atomic mass is 16.4. The molecule has 0 spiro atoms. The Morgan fingerprint density at radius 3 is 2.52 bits per heavy atom. The van der Waals surface area contributed by atoms with E-state index in [0.717, 1.165) is 30.8 Å². The minimum Gasteiger partial charge on any atom is -0.478 e. The molecule has 23 heavy (non-hydrogen) atoms. The van der Waals surface area contributed by atoms with Crippen LogP contribution in [0.25, 0.3) is 0 Å². The van der Waals surface area contributed by atoms with Crippen molar-refractivity contribution in [2.75, 3.05) is 18.0 Å². The lowest BCUT2D eigenvalue weighted by atomic mass is 9.90. The Bertz CT molecular complexity index is 698. The Balaban J connectivity index is 1.73. The number of anilines is 1. The molecule has 0 amide bonds. The van der Waals surface area contributed by atoms with Gasteiger partial charge < -0.3 is 10.0 Å². The van der Waals surface area contributed by atoms with Gasteiger partial charge in [0.05, 0.1) is 5.56 Å². The summed E-state index contributed by atoms with van der Waals surface area (Å²) in [5, 5.41) is 8.93. The summed E-state index contributed by atoms with van der Waals surface area (Å²) in [5.74, 6) is -0.148. The predicted octanol–water partition coefficient (Wildman–Crippen LogP) is 2.88. The lowest BCUT2D eigenvalue weighted by molar-refractivity contribution is 0.0696. The molecule has 0 saturated carbocycles. The van der Waals surface area contributed by atoms with Crippen LogP contribution >= 0.6 is 0 Å². The van der Waals surface area contributed by atoms with E-state index in [1.54, 1.807) is 12.1 Å². The lowest BCUT2D eigenvalue weighted by Gasteiger charge is -2.33. The van der Waals surface area contributed by atoms with Gasteiger partial charge in [0.1, 0.15) is 5.82 Å². The van der Waals surface area contributed by atoms with Crippen molar-refractivity contribution in [2.45, 2.75) is 12.8 Å². The zero-order chi connectivity index (χ0) is 16.2. The molecule has 1 fully saturated rings. The third-order valence-corrected chi connectivity index (χ3v) is 4.17. The fraction of sp³-hybridized carbons (Fsp3) is 0.278. The molecule has 3 rings (SSSR count). The number of nitrogens with zero attached hydrogens (tertiary/aromatic N) is 2. The Morgan fingerprint density at radius 2 is 1.87 bits per heavy atom. The van der Waals surface area contributed by atoms with Gasteiger partial charge in [0.25, 0.3) is 0 Å². The third-order valence-electron chi connectivity index (χ3n) is 4.17. The number of carbonyl (C=O) groups excluding carboxylic acids is 1. The molecule has 0 unspecified atom stereocenters. The second-order valence-corrected chi connectivity index (χ2v) is 5.73. The summed E-state index contributed by atoms with van der Waals surface area (Å²) >= 11 is 0. The van der Waals surface area contributed by atoms with Gasteiger partial charge >= 0.3 is 5.97 Å². The quantitative estimate of drug-likeness (QED) is 0.879. The van der Waals surface area contributed by atoms with E-state index in [2.05, 4.69) is 9.88 Å². The maximum Gasteiger partial charge on any atom is 0.337 e. The summed E-state index contributed by atoms with van der Waals surface area (Å²) in [6.45, 7) is 1.45. The molecular weight excluding hydrogens is 292 g/mol. The average molecular weight is 310 g/mol. The Hall–Kier alpha value is -2.69. The topological polar surface area (TPSA) is 70.5 Å². The zero-order valence-corrected chi connectivity index (χ0v) is 12.7. The second-order valence-electron chi connectivity index (χ2n) is 5.73. The SMILES string of the molecule is O=C(O)c1ccc(N2CCC[C@@H](C(=O)c3ccccc3)C2)nc1. The van der Waals surface area contributed by atoms with Crippen LogP contribution in [0.2, 0.25) is 0 Å². The number of rotatable bonds is 4. The molecule has 1 aliphatic rings. The van der Waals surface area contributed by atoms with Crippen LogP contribution in [-0.4, -0.2) is 34.9 Å². The average Bonchev–Trinajstić information content (AvgIpc) is 2.62. The monoisotopic (exact) mass is 310 g/mol. The van der Waals surface area contributed by atoms with E-state index >= 15 is 0 Å². The molecule has 1 aromatic heterocycles. The molecule has 1 saturated heterocycles. The number of pyridine rings is 1. The highest BCUT2D eigenvalue weighted by Gasteiger charge is 2.27. The van der Waals surface area contributed by atoms with Gasteiger partial charge in [-0.2, -0.15) is 0 Å². The van der Waals surface area contributed by atoms with Gasteiger partial charge in [0.15, 0.2) is 5.78 Å². The zero-order valence-electron chi connectivity index (χ0n) is 12.7. The smallest absolute Gasteiger partial charge is 0.337 e. The summed E-state index contributed by atoms with van der Waals surface area (Å²) in [6, 6.07) is 12.6. The van der Waals surface area contributed by atoms with Gasteiger partial charge in [0, 0.05) is 30.8 Å². The van der Waals surface area contributed by atoms with Crippen molar-refractivity contribution in [3.05, 3.63) is 59.8 Å². The number of aromatic nitrogens is 1. The van der Waals surface area contributed by atoms with Crippen LogP contribution in [0.5, 0.6) is 0 Å². The molecule has 0 aliphatic carbocycles. The number of aromatic carboxylic acids is 1. The number of carbonyl (C=O) groups is 2. The fourth-order valence-electron chi connectivity index (χ4n) is 2.94. The van der Waals surface area contributed by atoms with E-state index in [4.69, 9.17) is 5.11 Å². The van der Waals surface area contributed by atoms with Gasteiger partial charge in [-0.15, -0.1) is 0 Å². The molecule has 1 aliphatic heterocycles. The first-order valence-corrected chi connectivity index (χ1v) is 7.68. The minimum absolute atomic E-state index is 0.0490. The first-order chi connectivity index (χ1) is 11.1. The summed E-state index contributed by atoms with van der Waals surface area (Å²) in [6.07, 6.45) is 3.16. The molecule has 2 heterocycles. The number of benzene rings is 1. The number of ketones is 1. The van der Waals surface area contributed by atoms with E-state index in [1.807, 2.05) is 30.3 Å². The van der Waals surface area contributed by atoms with E-state index in [1.165, 1.54) is 6.20 Å². The van der Waals surface area contributed by atoms with Crippen LogP contribution in [0.4, 0.5) is 5.82 Å². The highest BCUT2D eigenvalue weighted by molar-refractivity contribution is 5.98. The van der Waals surface area contributed by atoms with Crippen LogP contribution in [0.15, 0.2) is 48.7 Å². The van der Waals surface area contributed by atoms with E-state index < -0.39 is 5.97 Å². The maximum absolute atomic E-state index is 12.6. The van der Waals surface area contributed by atoms with Crippen LogP contribution in [-0.2, 0) is 0 Å². The van der Waals surface area contributed by atoms with Crippen molar-refractivity contribution in [1.82, 2.24) is 4.98 Å². The summed E-state index contributed by atoms with van der Waals surface area (Å²) in [5.41, 5.74) is 0.913. The number of hydrogen-bond acceptors (Lipinski definition) is 4. The third kappa shape index (κ3) is 3.39. The van der Waals surface area contributed by atoms with Crippen LogP contribution in [0.1, 0.15) is 33.6 Å². The van der Waals surface area contributed by atoms with E-state index in [-0.39, 0.29) is 17.3 Å². The molecule has 1 atom stereocenters. The Kier molecular flexibility index (Phi) is 4.37. The number of Topliss-reactive ketones (excluding diaryl/α,β-unsaturated/α-hetero) is 1. The van der Waals surface area contributed by atoms with Crippen molar-refractivity contribution >= 4 is 17.6 Å². The minimum atomic E-state index is -0.986. The first kappa shape index (κ1) is 15.2. The standard InChI is InChI=1S/C18H18N2O3/c21-17(13-5-2-1-3-6-13)15-7-4-10-20(12-15)16-9-8-14(11-19-16)18(22)23/h1-3,5-6,8-9,11,15H,4,7,10,12H2,(H,22,23)/t15-/m1/s1. The van der Waals surface area contributed by atoms with Crippen molar-refractivity contribution in [2.24, 2.45) is 5.92 Å². The number of piperidine rings is 1. The van der Waals surface area contributed by atoms with Crippen molar-refractivity contribution in [1.29, 1.82) is 0 Å². The van der Waals surface area contributed by atoms with Crippen LogP contribution < -0.4 is 4.90 Å². The lowest BCUT2D eigenvalue weighted by Crippen LogP contribution is -2.39. The van der Waals surface area contributed by atoms with Gasteiger partial charge in [0.2, 0.25) is 0 Å². The second kappa shape index (κ2) is 6.60. The molecule has 1 aromatic carbocycles. The normalized spacial score (nSPS) is 17.7. The van der Waals surface area contributed by atoms with Crippen molar-refractivity contribution < 1.29 is 14.7 Å². The van der Waals surface area contributed by atoms with Gasteiger partial charge in [-0.1, -0.05) is 30.3 Å². The van der Waals surface area contributed by atoms with Gasteiger partial charge in [-0.25, -0.2) is 9.78 Å². The molecule has 5 nitrogen and oxygen atoms in total. The van der Waals surface area contributed by atoms with Gasteiger partial charge in [-0.05, 0) is 25.0 Å². The van der Waals surface area contributed by atoms with E-state index in [9.17, 15) is 9.59 Å². The molecular formula is C18H18N2O3. The van der Waals surface area contributed by atoms with Gasteiger partial charge in [-0.3, -0.25) is 4.79 Å². The molecule has 2 aromatic rings. The molecule has 0 radical (unpaired) electrons. The van der Waals surface area contributed by atoms with Crippen LogP contribution in [0, 0.1) is 5.92 Å². The summed E-state index contributed by atoms with van der Waals surface area (Å²) in [7, 11) is 0. The number of carboxylic acid groups (broad SMARTS) is 1. The fourth-order valence-corrected chi connectivity index (χ4v) is 2.94. The van der Waals surface area contributed by atoms with Crippen molar-refractivity contribution in [3.63, 3.8) is 0 Å². The first-order valence-electron chi connectivity index (χ1n) is 7.68. The largest absolute Gasteiger partial charge is 0.478 e. The predicted molar refractivity (Wildman–Crippen MR) is 86.9 cm³/mol. The molecule has 1 N–H and O–H groups in total. The molecule has 5 heteroatoms.